The van der Waals surface area contributed by atoms with Gasteiger partial charge >= 0.3 is 0 Å². The van der Waals surface area contributed by atoms with E-state index in [1.165, 1.54) is 0 Å². The van der Waals surface area contributed by atoms with Crippen LogP contribution in [0.4, 0.5) is 0 Å². The second-order valence-electron chi connectivity index (χ2n) is 13.0. The second kappa shape index (κ2) is 10.8. The molecule has 2 aliphatic rings. The molecule has 5 atom stereocenters. The molecule has 3 aromatic rings. The molecule has 0 bridgehead atoms. The third-order valence-electron chi connectivity index (χ3n) is 8.71. The van der Waals surface area contributed by atoms with Gasteiger partial charge in [-0.3, -0.25) is 24.2 Å². The van der Waals surface area contributed by atoms with Crippen LogP contribution in [0.1, 0.15) is 51.9 Å². The van der Waals surface area contributed by atoms with E-state index in [2.05, 4.69) is 39.7 Å². The number of likely N-dealkylation sites (tertiary alicyclic amines) is 1. The first kappa shape index (κ1) is 29.1. The number of hydrogen-bond donors (Lipinski definition) is 3. The minimum Gasteiger partial charge on any atom is -0.368 e. The maximum absolute atomic E-state index is 14.1. The van der Waals surface area contributed by atoms with Crippen LogP contribution in [-0.2, 0) is 25.6 Å². The highest BCUT2D eigenvalue weighted by atomic mass is 16.2. The molecule has 4 N–H and O–H groups in total. The third kappa shape index (κ3) is 5.43. The van der Waals surface area contributed by atoms with Gasteiger partial charge in [0.15, 0.2) is 6.04 Å². The molecule has 1 aliphatic heterocycles. The summed E-state index contributed by atoms with van der Waals surface area (Å²) in [5.74, 6) is -1.94. The number of fused-ring (bicyclic) bond motifs is 2. The third-order valence-corrected chi connectivity index (χ3v) is 8.71. The van der Waals surface area contributed by atoms with Gasteiger partial charge in [0.25, 0.3) is 0 Å². The number of benzene rings is 1. The van der Waals surface area contributed by atoms with Gasteiger partial charge in [-0.05, 0) is 34.3 Å². The number of aromatic nitrogens is 3. The number of nitrogens with two attached hydrogens (primary N) is 1. The zero-order valence-electron chi connectivity index (χ0n) is 24.5. The number of amides is 4. The summed E-state index contributed by atoms with van der Waals surface area (Å²) in [5, 5.41) is 15.3. The molecule has 5 rings (SSSR count). The Morgan fingerprint density at radius 3 is 2.48 bits per heavy atom. The van der Waals surface area contributed by atoms with E-state index in [4.69, 9.17) is 5.73 Å². The van der Waals surface area contributed by atoms with Crippen molar-refractivity contribution in [2.45, 2.75) is 59.2 Å². The van der Waals surface area contributed by atoms with Gasteiger partial charge < -0.3 is 21.3 Å². The van der Waals surface area contributed by atoms with E-state index in [-0.39, 0.29) is 41.2 Å². The lowest BCUT2D eigenvalue weighted by atomic mass is 9.85. The first-order chi connectivity index (χ1) is 19.8. The molecule has 4 amide bonds. The van der Waals surface area contributed by atoms with Gasteiger partial charge in [-0.1, -0.05) is 65.0 Å². The number of nitrogens with one attached hydrogen (secondary N) is 2. The molecule has 2 aromatic heterocycles. The number of nitrogens with zero attached hydrogens (tertiary/aromatic N) is 4. The second-order valence-corrected chi connectivity index (χ2v) is 13.0. The number of piperidine rings is 1. The van der Waals surface area contributed by atoms with Crippen molar-refractivity contribution in [3.8, 4) is 0 Å². The topological polar surface area (TPSA) is 160 Å². The van der Waals surface area contributed by atoms with E-state index in [1.54, 1.807) is 47.8 Å². The Morgan fingerprint density at radius 1 is 1.07 bits per heavy atom. The molecule has 0 spiro atoms. The molecule has 1 saturated heterocycles. The van der Waals surface area contributed by atoms with Crippen molar-refractivity contribution in [2.24, 2.45) is 28.4 Å². The number of rotatable bonds is 8. The Balaban J connectivity index is 1.41. The van der Waals surface area contributed by atoms with Gasteiger partial charge in [0.2, 0.25) is 23.6 Å². The minimum atomic E-state index is -1.24. The van der Waals surface area contributed by atoms with Crippen LogP contribution < -0.4 is 16.4 Å². The van der Waals surface area contributed by atoms with Crippen LogP contribution in [0.5, 0.6) is 0 Å². The number of pyridine rings is 1. The van der Waals surface area contributed by atoms with Crippen molar-refractivity contribution in [1.29, 1.82) is 0 Å². The van der Waals surface area contributed by atoms with Crippen LogP contribution in [0.25, 0.3) is 10.8 Å². The molecule has 11 heteroatoms. The Hall–Kier alpha value is -4.41. The molecule has 3 heterocycles. The molecule has 220 valence electrons. The highest BCUT2D eigenvalue weighted by molar-refractivity contribution is 5.97. The lowest BCUT2D eigenvalue weighted by Crippen LogP contribution is -2.59. The molecule has 2 unspecified atom stereocenters. The van der Waals surface area contributed by atoms with E-state index in [0.29, 0.717) is 11.9 Å². The highest BCUT2D eigenvalue weighted by Gasteiger charge is 2.69. The Kier molecular flexibility index (Phi) is 7.46. The van der Waals surface area contributed by atoms with Crippen LogP contribution in [-0.4, -0.2) is 62.3 Å². The normalized spacial score (nSPS) is 22.1. The molecular weight excluding hydrogens is 534 g/mol. The monoisotopic (exact) mass is 571 g/mol. The lowest BCUT2D eigenvalue weighted by Gasteiger charge is -2.38. The maximum Gasteiger partial charge on any atom is 0.246 e. The van der Waals surface area contributed by atoms with E-state index in [9.17, 15) is 19.2 Å². The lowest BCUT2D eigenvalue weighted by molar-refractivity contribution is -0.146. The highest BCUT2D eigenvalue weighted by Crippen LogP contribution is 2.65. The van der Waals surface area contributed by atoms with Gasteiger partial charge in [-0.25, -0.2) is 0 Å². The van der Waals surface area contributed by atoms with Crippen molar-refractivity contribution in [3.05, 3.63) is 66.2 Å². The first-order valence-corrected chi connectivity index (χ1v) is 14.1. The number of primary amides is 1. The van der Waals surface area contributed by atoms with Gasteiger partial charge in [0.1, 0.15) is 17.8 Å². The molecule has 2 fully saturated rings. The van der Waals surface area contributed by atoms with Crippen LogP contribution in [0, 0.1) is 22.7 Å². The largest absolute Gasteiger partial charge is 0.368 e. The smallest absolute Gasteiger partial charge is 0.246 e. The van der Waals surface area contributed by atoms with Crippen LogP contribution in [0.15, 0.2) is 55.0 Å². The van der Waals surface area contributed by atoms with Crippen LogP contribution in [0.2, 0.25) is 0 Å². The molecule has 1 saturated carbocycles. The Morgan fingerprint density at radius 2 is 1.81 bits per heavy atom. The molecule has 1 aliphatic carbocycles. The molecule has 0 radical (unpaired) electrons. The van der Waals surface area contributed by atoms with Crippen molar-refractivity contribution in [1.82, 2.24) is 30.7 Å². The number of carbonyl (C=O) groups is 4. The van der Waals surface area contributed by atoms with Crippen molar-refractivity contribution in [2.75, 3.05) is 6.54 Å². The standard InChI is InChI=1S/C31H37N7O4/c1-30(2,3)26(35-21(39)13-17-9-8-12-33-14-17)29(42)38-16-20-22(31(20,4)5)25(38)28(41)36-24(27(32)40)23-19-11-7-6-10-18(19)15-34-37-23/h6-12,14-15,20,22,24-26H,13,16H2,1-5H3,(H2,32,40)(H,35,39)(H,36,41)/t20-,22-,24?,25-,26?/m0/s1. The number of carbonyl (C=O) groups excluding carboxylic acids is 4. The minimum absolute atomic E-state index is 0.0717. The fourth-order valence-electron chi connectivity index (χ4n) is 6.29. The summed E-state index contributed by atoms with van der Waals surface area (Å²) >= 11 is 0. The van der Waals surface area contributed by atoms with E-state index in [0.717, 1.165) is 10.9 Å². The van der Waals surface area contributed by atoms with Gasteiger partial charge in [0, 0.05) is 29.7 Å². The predicted octanol–water partition coefficient (Wildman–Crippen LogP) is 1.92. The predicted molar refractivity (Wildman–Crippen MR) is 155 cm³/mol. The summed E-state index contributed by atoms with van der Waals surface area (Å²) in [6, 6.07) is 7.84. The number of hydrogen-bond acceptors (Lipinski definition) is 7. The quantitative estimate of drug-likeness (QED) is 0.372. The summed E-state index contributed by atoms with van der Waals surface area (Å²) in [7, 11) is 0. The summed E-state index contributed by atoms with van der Waals surface area (Å²) in [4.78, 5) is 59.4. The maximum atomic E-state index is 14.1. The van der Waals surface area contributed by atoms with Gasteiger partial charge in [-0.15, -0.1) is 0 Å². The summed E-state index contributed by atoms with van der Waals surface area (Å²) in [6.45, 7) is 10.1. The van der Waals surface area contributed by atoms with Crippen molar-refractivity contribution in [3.63, 3.8) is 0 Å². The summed E-state index contributed by atoms with van der Waals surface area (Å²) < 4.78 is 0. The fourth-order valence-corrected chi connectivity index (χ4v) is 6.29. The van der Waals surface area contributed by atoms with Crippen molar-refractivity contribution < 1.29 is 19.2 Å². The van der Waals surface area contributed by atoms with E-state index in [1.807, 2.05) is 32.9 Å². The average Bonchev–Trinajstić information content (AvgIpc) is 3.26. The zero-order chi connectivity index (χ0) is 30.4. The summed E-state index contributed by atoms with van der Waals surface area (Å²) in [6.07, 6.45) is 4.88. The Bertz CT molecular complexity index is 1530. The van der Waals surface area contributed by atoms with Gasteiger partial charge in [0.05, 0.1) is 12.6 Å². The van der Waals surface area contributed by atoms with E-state index >= 15 is 0 Å². The molecule has 42 heavy (non-hydrogen) atoms. The zero-order valence-corrected chi connectivity index (χ0v) is 24.5. The fraction of sp³-hybridized carbons (Fsp3) is 0.452. The van der Waals surface area contributed by atoms with Crippen LogP contribution >= 0.6 is 0 Å². The molecular formula is C31H37N7O4. The summed E-state index contributed by atoms with van der Waals surface area (Å²) in [5.41, 5.74) is 5.93. The first-order valence-electron chi connectivity index (χ1n) is 14.1. The SMILES string of the molecule is CC(C)(C)C(NC(=O)Cc1cccnc1)C(=O)N1C[C@H]2[C@@H]([C@H]1C(=O)NC(C(N)=O)c1nncc3ccccc13)C2(C)C. The molecule has 11 nitrogen and oxygen atoms in total. The average molecular weight is 572 g/mol. The van der Waals surface area contributed by atoms with Crippen molar-refractivity contribution >= 4 is 34.4 Å². The van der Waals surface area contributed by atoms with Gasteiger partial charge in [-0.2, -0.15) is 10.2 Å². The molecule has 1 aromatic carbocycles. The van der Waals surface area contributed by atoms with Crippen LogP contribution in [0.3, 0.4) is 0 Å². The Labute approximate surface area is 244 Å². The van der Waals surface area contributed by atoms with E-state index < -0.39 is 35.4 Å².